The van der Waals surface area contributed by atoms with Gasteiger partial charge in [0.15, 0.2) is 6.10 Å². The van der Waals surface area contributed by atoms with Gasteiger partial charge in [0.05, 0.1) is 37.4 Å². The van der Waals surface area contributed by atoms with Crippen LogP contribution in [0, 0.1) is 16.7 Å². The summed E-state index contributed by atoms with van der Waals surface area (Å²) in [5.74, 6) is -2.48. The Morgan fingerprint density at radius 3 is 2.49 bits per heavy atom. The molecule has 37 heavy (non-hydrogen) atoms. The lowest BCUT2D eigenvalue weighted by molar-refractivity contribution is -0.235. The second kappa shape index (κ2) is 9.65. The van der Waals surface area contributed by atoms with Crippen molar-refractivity contribution in [3.05, 3.63) is 36.0 Å². The highest BCUT2D eigenvalue weighted by atomic mass is 16.6. The maximum atomic E-state index is 13.0. The highest BCUT2D eigenvalue weighted by molar-refractivity contribution is 5.84. The Labute approximate surface area is 215 Å². The molecule has 2 aliphatic carbocycles. The summed E-state index contributed by atoms with van der Waals surface area (Å²) in [7, 11) is 0. The van der Waals surface area contributed by atoms with E-state index in [0.717, 1.165) is 5.57 Å². The van der Waals surface area contributed by atoms with Gasteiger partial charge in [-0.25, -0.2) is 14.4 Å². The number of aliphatic hydroxyl groups excluding tert-OH is 2. The van der Waals surface area contributed by atoms with Crippen molar-refractivity contribution in [3.8, 4) is 0 Å². The molecular weight excluding hydrogens is 484 g/mol. The lowest BCUT2D eigenvalue weighted by Crippen LogP contribution is -2.67. The monoisotopic (exact) mass is 518 g/mol. The van der Waals surface area contributed by atoms with Crippen LogP contribution in [0.2, 0.25) is 0 Å². The van der Waals surface area contributed by atoms with Gasteiger partial charge in [-0.15, -0.1) is 0 Å². The van der Waals surface area contributed by atoms with Crippen LogP contribution in [0.25, 0.3) is 0 Å². The van der Waals surface area contributed by atoms with Crippen LogP contribution in [-0.4, -0.2) is 84.6 Å². The third-order valence-electron chi connectivity index (χ3n) is 9.20. The molecular formula is C27H34O10. The molecule has 0 radical (unpaired) electrons. The second-order valence-corrected chi connectivity index (χ2v) is 10.9. The number of esters is 3. The molecule has 1 saturated carbocycles. The number of hydrogen-bond donors (Lipinski definition) is 2. The maximum Gasteiger partial charge on any atom is 0.335 e. The van der Waals surface area contributed by atoms with Gasteiger partial charge in [0.25, 0.3) is 0 Å². The van der Waals surface area contributed by atoms with Gasteiger partial charge in [-0.3, -0.25) is 0 Å². The van der Waals surface area contributed by atoms with E-state index in [4.69, 9.17) is 23.7 Å². The van der Waals surface area contributed by atoms with E-state index < -0.39 is 58.6 Å². The molecule has 3 unspecified atom stereocenters. The highest BCUT2D eigenvalue weighted by Crippen LogP contribution is 2.72. The third-order valence-corrected chi connectivity index (χ3v) is 9.20. The summed E-state index contributed by atoms with van der Waals surface area (Å²) in [4.78, 5) is 37.6. The molecule has 5 aliphatic rings. The van der Waals surface area contributed by atoms with E-state index in [9.17, 15) is 24.6 Å². The average molecular weight is 519 g/mol. The standard InChI is InChI=1S/C27H34O10/c1-16-8-10-33-21(29)5-3-4-6-22(30)37-18-12-20-27(15-35-27)25(18,2)26(14-34-24(32)23(16)31)9-7-17(13-28)11-19(26)36-20/h3-6,11,16,18-20,23,28,31H,7-10,12-15H2,1-2H3/b5-3+,6-4-/t16?,18-,19-,20-,23?,25-,26-,27?/m1/s1. The van der Waals surface area contributed by atoms with Gasteiger partial charge >= 0.3 is 17.9 Å². The first kappa shape index (κ1) is 26.1. The first-order chi connectivity index (χ1) is 17.7. The van der Waals surface area contributed by atoms with E-state index >= 15 is 0 Å². The lowest BCUT2D eigenvalue weighted by atomic mass is 9.51. The topological polar surface area (TPSA) is 141 Å². The van der Waals surface area contributed by atoms with E-state index in [1.54, 1.807) is 6.92 Å². The van der Waals surface area contributed by atoms with Gasteiger partial charge in [0.2, 0.25) is 0 Å². The summed E-state index contributed by atoms with van der Waals surface area (Å²) in [5.41, 5.74) is -1.44. The summed E-state index contributed by atoms with van der Waals surface area (Å²) in [6.45, 7) is 3.96. The van der Waals surface area contributed by atoms with E-state index in [1.165, 1.54) is 24.3 Å². The molecule has 0 aromatic rings. The highest BCUT2D eigenvalue weighted by Gasteiger charge is 2.83. The number of cyclic esters (lactones) is 2. The molecule has 10 heteroatoms. The van der Waals surface area contributed by atoms with Crippen molar-refractivity contribution in [1.82, 2.24) is 0 Å². The molecule has 202 valence electrons. The Balaban J connectivity index is 1.53. The summed E-state index contributed by atoms with van der Waals surface area (Å²) < 4.78 is 29.4. The predicted octanol–water partition coefficient (Wildman–Crippen LogP) is 1.14. The predicted molar refractivity (Wildman–Crippen MR) is 127 cm³/mol. The van der Waals surface area contributed by atoms with Crippen LogP contribution >= 0.6 is 0 Å². The number of hydrogen-bond acceptors (Lipinski definition) is 10. The first-order valence-electron chi connectivity index (χ1n) is 12.8. The largest absolute Gasteiger partial charge is 0.463 e. The van der Waals surface area contributed by atoms with Crippen LogP contribution in [0.5, 0.6) is 0 Å². The molecule has 2 saturated heterocycles. The van der Waals surface area contributed by atoms with Crippen LogP contribution in [0.3, 0.4) is 0 Å². The van der Waals surface area contributed by atoms with E-state index in [1.807, 2.05) is 13.0 Å². The fourth-order valence-electron chi connectivity index (χ4n) is 6.70. The second-order valence-electron chi connectivity index (χ2n) is 10.9. The zero-order valence-electron chi connectivity index (χ0n) is 21.1. The van der Waals surface area contributed by atoms with Crippen LogP contribution in [-0.2, 0) is 38.1 Å². The van der Waals surface area contributed by atoms with Crippen molar-refractivity contribution < 1.29 is 48.3 Å². The zero-order valence-corrected chi connectivity index (χ0v) is 21.1. The lowest BCUT2D eigenvalue weighted by Gasteiger charge is -2.58. The van der Waals surface area contributed by atoms with Gasteiger partial charge in [-0.2, -0.15) is 0 Å². The SMILES string of the molecule is CC1CCOC(=O)/C=C/C=C\C(=O)O[C@@H]2C[C@H]3O[C@@H]4C=C(CO)CC[C@]4(COC(=O)C1O)[C@]2(C)C31CO1. The summed E-state index contributed by atoms with van der Waals surface area (Å²) in [6, 6.07) is 0. The van der Waals surface area contributed by atoms with E-state index in [2.05, 4.69) is 0 Å². The molecule has 3 heterocycles. The fraction of sp³-hybridized carbons (Fsp3) is 0.667. The van der Waals surface area contributed by atoms with Crippen LogP contribution in [0.1, 0.15) is 39.5 Å². The number of aliphatic hydroxyl groups is 2. The van der Waals surface area contributed by atoms with Crippen LogP contribution in [0.15, 0.2) is 36.0 Å². The molecule has 3 fully saturated rings. The quantitative estimate of drug-likeness (QED) is 0.225. The van der Waals surface area contributed by atoms with Crippen molar-refractivity contribution in [3.63, 3.8) is 0 Å². The summed E-state index contributed by atoms with van der Waals surface area (Å²) in [5, 5.41) is 20.4. The van der Waals surface area contributed by atoms with Gasteiger partial charge < -0.3 is 33.9 Å². The van der Waals surface area contributed by atoms with Crippen LogP contribution in [0.4, 0.5) is 0 Å². The van der Waals surface area contributed by atoms with E-state index in [-0.39, 0.29) is 32.3 Å². The Morgan fingerprint density at radius 1 is 1.05 bits per heavy atom. The minimum atomic E-state index is -1.41. The van der Waals surface area contributed by atoms with Crippen molar-refractivity contribution in [2.75, 3.05) is 26.4 Å². The number of epoxide rings is 1. The van der Waals surface area contributed by atoms with E-state index in [0.29, 0.717) is 25.9 Å². The smallest absolute Gasteiger partial charge is 0.335 e. The number of rotatable bonds is 1. The minimum absolute atomic E-state index is 0.00994. The molecule has 8 atom stereocenters. The molecule has 2 spiro atoms. The maximum absolute atomic E-state index is 13.0. The summed E-state index contributed by atoms with van der Waals surface area (Å²) in [6.07, 6.45) is 6.03. The Morgan fingerprint density at radius 2 is 1.78 bits per heavy atom. The first-order valence-corrected chi connectivity index (χ1v) is 12.8. The van der Waals surface area contributed by atoms with Crippen molar-refractivity contribution >= 4 is 17.9 Å². The third kappa shape index (κ3) is 4.14. The Bertz CT molecular complexity index is 1040. The average Bonchev–Trinajstić information content (AvgIpc) is 3.66. The van der Waals surface area contributed by atoms with Gasteiger partial charge in [-0.05, 0) is 30.8 Å². The molecule has 0 amide bonds. The van der Waals surface area contributed by atoms with Crippen LogP contribution < -0.4 is 0 Å². The number of ether oxygens (including phenoxy) is 5. The Kier molecular flexibility index (Phi) is 6.81. The normalized spacial score (nSPS) is 45.9. The van der Waals surface area contributed by atoms with Crippen molar-refractivity contribution in [1.29, 1.82) is 0 Å². The summed E-state index contributed by atoms with van der Waals surface area (Å²) >= 11 is 0. The van der Waals surface area contributed by atoms with Gasteiger partial charge in [0.1, 0.15) is 18.3 Å². The van der Waals surface area contributed by atoms with Gasteiger partial charge in [0, 0.05) is 24.0 Å². The molecule has 10 nitrogen and oxygen atoms in total. The number of carbonyl (C=O) groups excluding carboxylic acids is 3. The molecule has 0 aromatic carbocycles. The Hall–Kier alpha value is -2.53. The molecule has 5 rings (SSSR count). The van der Waals surface area contributed by atoms with Gasteiger partial charge in [-0.1, -0.05) is 32.1 Å². The number of carbonyl (C=O) groups is 3. The molecule has 2 N–H and O–H groups in total. The molecule has 0 aromatic heterocycles. The zero-order chi connectivity index (χ0) is 26.4. The van der Waals surface area contributed by atoms with Crippen molar-refractivity contribution in [2.45, 2.75) is 69.5 Å². The number of allylic oxidation sites excluding steroid dienone is 2. The fourth-order valence-corrected chi connectivity index (χ4v) is 6.70. The minimum Gasteiger partial charge on any atom is -0.463 e. The molecule has 3 aliphatic heterocycles. The van der Waals surface area contributed by atoms with Crippen molar-refractivity contribution in [2.24, 2.45) is 16.7 Å². The molecule has 2 bridgehead atoms.